The molecule has 1 fully saturated rings. The minimum absolute atomic E-state index is 0.210. The van der Waals surface area contributed by atoms with Gasteiger partial charge in [0.25, 0.3) is 0 Å². The Bertz CT molecular complexity index is 616. The first-order valence-corrected chi connectivity index (χ1v) is 8.24. The molecule has 1 aromatic heterocycles. The van der Waals surface area contributed by atoms with Gasteiger partial charge in [-0.15, -0.1) is 0 Å². The van der Waals surface area contributed by atoms with Gasteiger partial charge in [-0.1, -0.05) is 6.92 Å². The molecule has 0 N–H and O–H groups in total. The topological polar surface area (TPSA) is 70.9 Å². The molecule has 1 saturated heterocycles. The van der Waals surface area contributed by atoms with Crippen molar-refractivity contribution in [1.29, 1.82) is 0 Å². The van der Waals surface area contributed by atoms with Crippen molar-refractivity contribution in [3.8, 4) is 0 Å². The van der Waals surface area contributed by atoms with Gasteiger partial charge in [0, 0.05) is 33.1 Å². The molecule has 0 bridgehead atoms. The smallest absolute Gasteiger partial charge is 0.410 e. The third-order valence-corrected chi connectivity index (χ3v) is 3.54. The number of aryl methyl sites for hydroxylation is 1. The van der Waals surface area contributed by atoms with Crippen molar-refractivity contribution >= 4 is 18.2 Å². The lowest BCUT2D eigenvalue weighted by molar-refractivity contribution is 0.00783. The molecule has 7 nitrogen and oxygen atoms in total. The van der Waals surface area contributed by atoms with Crippen LogP contribution in [-0.2, 0) is 11.2 Å². The van der Waals surface area contributed by atoms with Crippen LogP contribution < -0.4 is 0 Å². The number of carbonyl (C=O) groups excluding carboxylic acids is 1. The zero-order valence-electron chi connectivity index (χ0n) is 15.4. The summed E-state index contributed by atoms with van der Waals surface area (Å²) in [5.41, 5.74) is 1.32. The van der Waals surface area contributed by atoms with Crippen LogP contribution in [-0.4, -0.2) is 65.0 Å². The van der Waals surface area contributed by atoms with Gasteiger partial charge in [-0.2, -0.15) is 0 Å². The third kappa shape index (κ3) is 4.66. The normalized spacial score (nSPS) is 15.5. The van der Waals surface area contributed by atoms with E-state index in [9.17, 15) is 4.79 Å². The minimum atomic E-state index is -0.469. The van der Waals surface area contributed by atoms with E-state index < -0.39 is 5.60 Å². The van der Waals surface area contributed by atoms with Crippen molar-refractivity contribution in [3.63, 3.8) is 0 Å². The highest BCUT2D eigenvalue weighted by Gasteiger charge is 2.35. The second-order valence-electron chi connectivity index (χ2n) is 7.21. The minimum Gasteiger partial charge on any atom is -0.444 e. The van der Waals surface area contributed by atoms with Crippen LogP contribution in [0.15, 0.2) is 11.2 Å². The van der Waals surface area contributed by atoms with E-state index in [1.807, 2.05) is 46.7 Å². The summed E-state index contributed by atoms with van der Waals surface area (Å²) in [5, 5.41) is 0. The zero-order chi connectivity index (χ0) is 17.9. The number of ether oxygens (including phenoxy) is 1. The van der Waals surface area contributed by atoms with Gasteiger partial charge in [0.05, 0.1) is 23.9 Å². The molecule has 1 aromatic rings. The summed E-state index contributed by atoms with van der Waals surface area (Å²) in [5.74, 6) is 0.862. The van der Waals surface area contributed by atoms with E-state index in [4.69, 9.17) is 4.74 Å². The molecule has 0 spiro atoms. The lowest BCUT2D eigenvalue weighted by Gasteiger charge is -2.39. The molecule has 0 aromatic carbocycles. The number of rotatable bonds is 4. The molecular formula is C17H27N5O2. The Labute approximate surface area is 143 Å². The van der Waals surface area contributed by atoms with Gasteiger partial charge < -0.3 is 14.5 Å². The summed E-state index contributed by atoms with van der Waals surface area (Å²) in [6.07, 6.45) is 3.98. The van der Waals surface area contributed by atoms with Gasteiger partial charge in [0.15, 0.2) is 5.82 Å². The number of aromatic nitrogens is 2. The highest BCUT2D eigenvalue weighted by Crippen LogP contribution is 2.28. The lowest BCUT2D eigenvalue weighted by atomic mass is 9.97. The first-order valence-electron chi connectivity index (χ1n) is 8.24. The van der Waals surface area contributed by atoms with Crippen LogP contribution in [0.1, 0.15) is 45.0 Å². The molecular weight excluding hydrogens is 306 g/mol. The number of carbonyl (C=O) groups is 1. The molecule has 2 rings (SSSR count). The number of aliphatic imine (C=N–C) groups is 1. The van der Waals surface area contributed by atoms with Crippen LogP contribution >= 0.6 is 0 Å². The van der Waals surface area contributed by atoms with Gasteiger partial charge in [0.2, 0.25) is 0 Å². The molecule has 1 aliphatic rings. The van der Waals surface area contributed by atoms with Gasteiger partial charge in [-0.3, -0.25) is 4.98 Å². The van der Waals surface area contributed by atoms with E-state index in [1.54, 1.807) is 17.4 Å². The third-order valence-electron chi connectivity index (χ3n) is 3.54. The molecule has 0 atom stereocenters. The zero-order valence-corrected chi connectivity index (χ0v) is 15.4. The van der Waals surface area contributed by atoms with Gasteiger partial charge >= 0.3 is 6.09 Å². The summed E-state index contributed by atoms with van der Waals surface area (Å²) in [7, 11) is 3.83. The monoisotopic (exact) mass is 333 g/mol. The van der Waals surface area contributed by atoms with Crippen LogP contribution in [0.2, 0.25) is 0 Å². The molecule has 0 unspecified atom stereocenters. The van der Waals surface area contributed by atoms with E-state index in [0.29, 0.717) is 18.9 Å². The second-order valence-corrected chi connectivity index (χ2v) is 7.21. The van der Waals surface area contributed by atoms with E-state index in [0.717, 1.165) is 17.8 Å². The van der Waals surface area contributed by atoms with Gasteiger partial charge in [0.1, 0.15) is 5.60 Å². The average Bonchev–Trinajstić information content (AvgIpc) is 2.41. The summed E-state index contributed by atoms with van der Waals surface area (Å²) < 4.78 is 5.37. The van der Waals surface area contributed by atoms with Crippen LogP contribution in [0.3, 0.4) is 0 Å². The van der Waals surface area contributed by atoms with Gasteiger partial charge in [-0.25, -0.2) is 14.8 Å². The van der Waals surface area contributed by atoms with Crippen LogP contribution in [0.4, 0.5) is 10.6 Å². The molecule has 7 heteroatoms. The first kappa shape index (κ1) is 18.2. The van der Waals surface area contributed by atoms with E-state index >= 15 is 0 Å². The molecule has 2 heterocycles. The van der Waals surface area contributed by atoms with E-state index in [1.165, 1.54) is 0 Å². The Morgan fingerprint density at radius 1 is 1.46 bits per heavy atom. The molecule has 0 radical (unpaired) electrons. The van der Waals surface area contributed by atoms with Crippen molar-refractivity contribution in [2.45, 2.75) is 45.6 Å². The Kier molecular flexibility index (Phi) is 5.41. The Balaban J connectivity index is 2.01. The number of likely N-dealkylation sites (tertiary alicyclic amines) is 1. The van der Waals surface area contributed by atoms with E-state index in [2.05, 4.69) is 15.0 Å². The number of hydrogen-bond acceptors (Lipinski definition) is 5. The highest BCUT2D eigenvalue weighted by molar-refractivity contribution is 5.69. The number of hydrogen-bond donors (Lipinski definition) is 0. The van der Waals surface area contributed by atoms with Crippen molar-refractivity contribution in [3.05, 3.63) is 17.6 Å². The maximum absolute atomic E-state index is 12.0. The second kappa shape index (κ2) is 7.15. The van der Waals surface area contributed by atoms with Crippen LogP contribution in [0, 0.1) is 0 Å². The predicted molar refractivity (Wildman–Crippen MR) is 93.8 cm³/mol. The summed E-state index contributed by atoms with van der Waals surface area (Å²) in [6, 6.07) is 0. The molecule has 1 aliphatic heterocycles. The van der Waals surface area contributed by atoms with Crippen molar-refractivity contribution in [2.75, 3.05) is 27.2 Å². The Hall–Kier alpha value is -2.18. The fourth-order valence-electron chi connectivity index (χ4n) is 2.29. The molecule has 1 amide bonds. The lowest BCUT2D eigenvalue weighted by Crippen LogP contribution is -2.50. The quantitative estimate of drug-likeness (QED) is 0.625. The predicted octanol–water partition coefficient (Wildman–Crippen LogP) is 2.59. The number of amides is 1. The molecule has 0 saturated carbocycles. The maximum atomic E-state index is 12.0. The SMILES string of the molecule is CCc1nc(C2CN(C(=O)OC(C)(C)C)C2)cnc1N=CN(C)C. The fraction of sp³-hybridized carbons (Fsp3) is 0.647. The van der Waals surface area contributed by atoms with Crippen molar-refractivity contribution in [1.82, 2.24) is 19.8 Å². The summed E-state index contributed by atoms with van der Waals surface area (Å²) in [4.78, 5) is 29.0. The Morgan fingerprint density at radius 3 is 2.67 bits per heavy atom. The van der Waals surface area contributed by atoms with Gasteiger partial charge in [-0.05, 0) is 27.2 Å². The first-order chi connectivity index (χ1) is 11.2. The summed E-state index contributed by atoms with van der Waals surface area (Å²) in [6.45, 7) is 8.88. The molecule has 132 valence electrons. The fourth-order valence-corrected chi connectivity index (χ4v) is 2.29. The highest BCUT2D eigenvalue weighted by atomic mass is 16.6. The van der Waals surface area contributed by atoms with Crippen molar-refractivity contribution in [2.24, 2.45) is 4.99 Å². The van der Waals surface area contributed by atoms with Crippen molar-refractivity contribution < 1.29 is 9.53 Å². The Morgan fingerprint density at radius 2 is 2.12 bits per heavy atom. The number of nitrogens with zero attached hydrogens (tertiary/aromatic N) is 5. The van der Waals surface area contributed by atoms with Crippen LogP contribution in [0.5, 0.6) is 0 Å². The molecule has 0 aliphatic carbocycles. The summed E-state index contributed by atoms with van der Waals surface area (Å²) >= 11 is 0. The van der Waals surface area contributed by atoms with E-state index in [-0.39, 0.29) is 12.0 Å². The average molecular weight is 333 g/mol. The standard InChI is InChI=1S/C17H27N5O2/c1-7-13-15(19-11-21(5)6)18-8-14(20-13)12-9-22(10-12)16(23)24-17(2,3)4/h8,11-12H,7,9-10H2,1-6H3. The largest absolute Gasteiger partial charge is 0.444 e. The maximum Gasteiger partial charge on any atom is 0.410 e. The van der Waals surface area contributed by atoms with Crippen LogP contribution in [0.25, 0.3) is 0 Å². The molecule has 24 heavy (non-hydrogen) atoms.